The fourth-order valence-corrected chi connectivity index (χ4v) is 1.93. The van der Waals surface area contributed by atoms with Gasteiger partial charge >= 0.3 is 0 Å². The van der Waals surface area contributed by atoms with Crippen LogP contribution < -0.4 is 11.1 Å². The molecule has 0 bridgehead atoms. The quantitative estimate of drug-likeness (QED) is 0.867. The van der Waals surface area contributed by atoms with E-state index in [1.807, 2.05) is 13.8 Å². The average molecular weight is 283 g/mol. The molecule has 1 rings (SSSR count). The number of ketones is 1. The maximum Gasteiger partial charge on any atom is 0.253 e. The number of Topliss-reactive ketones (excluding diaryl/α,β-unsaturated/α-hetero) is 1. The molecule has 0 aliphatic heterocycles. The van der Waals surface area contributed by atoms with E-state index in [0.29, 0.717) is 16.1 Å². The third-order valence-corrected chi connectivity index (χ3v) is 2.93. The van der Waals surface area contributed by atoms with E-state index in [2.05, 4.69) is 5.32 Å². The van der Waals surface area contributed by atoms with Crippen LogP contribution in [-0.4, -0.2) is 23.8 Å². The molecule has 0 aliphatic rings. The molecule has 1 aromatic carbocycles. The zero-order valence-electron chi connectivity index (χ0n) is 11.4. The van der Waals surface area contributed by atoms with Gasteiger partial charge in [-0.15, -0.1) is 0 Å². The molecule has 0 fully saturated rings. The average Bonchev–Trinajstić information content (AvgIpc) is 2.27. The SMILES string of the molecule is CC(C)NC(=O)c1c(Cl)cccc1CC(=O)[C@H](C)N. The first-order valence-corrected chi connectivity index (χ1v) is 6.57. The standard InChI is InChI=1S/C14H19ClN2O2/c1-8(2)17-14(19)13-10(5-4-6-11(13)15)7-12(18)9(3)16/h4-6,8-9H,7,16H2,1-3H3,(H,17,19)/t9-/m0/s1. The summed E-state index contributed by atoms with van der Waals surface area (Å²) in [4.78, 5) is 23.8. The van der Waals surface area contributed by atoms with Crippen molar-refractivity contribution < 1.29 is 9.59 Å². The van der Waals surface area contributed by atoms with E-state index in [-0.39, 0.29) is 24.2 Å². The van der Waals surface area contributed by atoms with Gasteiger partial charge in [0.15, 0.2) is 5.78 Å². The lowest BCUT2D eigenvalue weighted by molar-refractivity contribution is -0.119. The number of rotatable bonds is 5. The zero-order chi connectivity index (χ0) is 14.6. The predicted octanol–water partition coefficient (Wildman–Crippen LogP) is 1.94. The minimum atomic E-state index is -0.556. The van der Waals surface area contributed by atoms with Crippen LogP contribution in [0.1, 0.15) is 36.7 Å². The molecule has 5 heteroatoms. The zero-order valence-corrected chi connectivity index (χ0v) is 12.1. The monoisotopic (exact) mass is 282 g/mol. The van der Waals surface area contributed by atoms with Crippen molar-refractivity contribution in [3.8, 4) is 0 Å². The molecular weight excluding hydrogens is 264 g/mol. The van der Waals surface area contributed by atoms with Crippen molar-refractivity contribution in [2.24, 2.45) is 5.73 Å². The topological polar surface area (TPSA) is 72.2 Å². The molecule has 104 valence electrons. The molecule has 0 radical (unpaired) electrons. The van der Waals surface area contributed by atoms with Crippen LogP contribution in [-0.2, 0) is 11.2 Å². The number of halogens is 1. The van der Waals surface area contributed by atoms with E-state index in [1.54, 1.807) is 25.1 Å². The summed E-state index contributed by atoms with van der Waals surface area (Å²) in [6, 6.07) is 4.52. The second-order valence-corrected chi connectivity index (χ2v) is 5.24. The lowest BCUT2D eigenvalue weighted by atomic mass is 9.99. The Morgan fingerprint density at radius 3 is 2.47 bits per heavy atom. The Balaban J connectivity index is 3.08. The van der Waals surface area contributed by atoms with Crippen molar-refractivity contribution in [3.05, 3.63) is 34.3 Å². The molecule has 19 heavy (non-hydrogen) atoms. The normalized spacial score (nSPS) is 12.3. The summed E-state index contributed by atoms with van der Waals surface area (Å²) in [6.45, 7) is 5.35. The van der Waals surface area contributed by atoms with Gasteiger partial charge in [0.1, 0.15) is 0 Å². The minimum Gasteiger partial charge on any atom is -0.350 e. The first-order valence-electron chi connectivity index (χ1n) is 6.19. The van der Waals surface area contributed by atoms with Gasteiger partial charge in [-0.3, -0.25) is 9.59 Å². The Hall–Kier alpha value is -1.39. The lowest BCUT2D eigenvalue weighted by Crippen LogP contribution is -2.32. The second kappa shape index (κ2) is 6.68. The summed E-state index contributed by atoms with van der Waals surface area (Å²) >= 11 is 6.07. The highest BCUT2D eigenvalue weighted by molar-refractivity contribution is 6.34. The van der Waals surface area contributed by atoms with Crippen LogP contribution in [0.15, 0.2) is 18.2 Å². The van der Waals surface area contributed by atoms with E-state index in [0.717, 1.165) is 0 Å². The van der Waals surface area contributed by atoms with E-state index < -0.39 is 6.04 Å². The summed E-state index contributed by atoms with van der Waals surface area (Å²) in [6.07, 6.45) is 0.110. The van der Waals surface area contributed by atoms with Gasteiger partial charge in [0, 0.05) is 12.5 Å². The van der Waals surface area contributed by atoms with Gasteiger partial charge in [0.25, 0.3) is 5.91 Å². The fourth-order valence-electron chi connectivity index (χ4n) is 1.65. The Morgan fingerprint density at radius 1 is 1.32 bits per heavy atom. The molecule has 0 spiro atoms. The molecule has 0 saturated heterocycles. The Labute approximate surface area is 118 Å². The van der Waals surface area contributed by atoms with E-state index in [1.165, 1.54) is 0 Å². The van der Waals surface area contributed by atoms with Crippen LogP contribution in [0, 0.1) is 0 Å². The molecule has 0 aromatic heterocycles. The first kappa shape index (κ1) is 15.7. The first-order chi connectivity index (χ1) is 8.82. The molecule has 1 amide bonds. The highest BCUT2D eigenvalue weighted by Crippen LogP contribution is 2.21. The van der Waals surface area contributed by atoms with Crippen LogP contribution in [0.2, 0.25) is 5.02 Å². The maximum atomic E-state index is 12.1. The van der Waals surface area contributed by atoms with Crippen molar-refractivity contribution in [2.45, 2.75) is 39.3 Å². The van der Waals surface area contributed by atoms with Gasteiger partial charge in [0.05, 0.1) is 16.6 Å². The molecule has 0 aliphatic carbocycles. The molecule has 3 N–H and O–H groups in total. The molecule has 0 saturated carbocycles. The highest BCUT2D eigenvalue weighted by Gasteiger charge is 2.19. The van der Waals surface area contributed by atoms with E-state index >= 15 is 0 Å². The summed E-state index contributed by atoms with van der Waals surface area (Å²) in [5.41, 5.74) is 6.50. The predicted molar refractivity (Wildman–Crippen MR) is 76.4 cm³/mol. The summed E-state index contributed by atoms with van der Waals surface area (Å²) in [5, 5.41) is 3.12. The van der Waals surface area contributed by atoms with Crippen molar-refractivity contribution >= 4 is 23.3 Å². The Kier molecular flexibility index (Phi) is 5.51. The minimum absolute atomic E-state index is 0.000700. The fraction of sp³-hybridized carbons (Fsp3) is 0.429. The number of nitrogens with two attached hydrogens (primary N) is 1. The Bertz CT molecular complexity index is 484. The third kappa shape index (κ3) is 4.33. The summed E-state index contributed by atoms with van der Waals surface area (Å²) in [5.74, 6) is -0.395. The van der Waals surface area contributed by atoms with Gasteiger partial charge in [0.2, 0.25) is 0 Å². The van der Waals surface area contributed by atoms with Gasteiger partial charge in [-0.2, -0.15) is 0 Å². The molecule has 4 nitrogen and oxygen atoms in total. The third-order valence-electron chi connectivity index (χ3n) is 2.62. The summed E-state index contributed by atoms with van der Waals surface area (Å²) in [7, 11) is 0. The van der Waals surface area contributed by atoms with Gasteiger partial charge < -0.3 is 11.1 Å². The smallest absolute Gasteiger partial charge is 0.253 e. The van der Waals surface area contributed by atoms with Crippen molar-refractivity contribution in [1.29, 1.82) is 0 Å². The van der Waals surface area contributed by atoms with Crippen molar-refractivity contribution in [1.82, 2.24) is 5.32 Å². The number of carbonyl (C=O) groups is 2. The van der Waals surface area contributed by atoms with Gasteiger partial charge in [-0.1, -0.05) is 23.7 Å². The largest absolute Gasteiger partial charge is 0.350 e. The van der Waals surface area contributed by atoms with Crippen molar-refractivity contribution in [3.63, 3.8) is 0 Å². The number of hydrogen-bond acceptors (Lipinski definition) is 3. The van der Waals surface area contributed by atoms with Crippen LogP contribution in [0.25, 0.3) is 0 Å². The van der Waals surface area contributed by atoms with E-state index in [4.69, 9.17) is 17.3 Å². The summed E-state index contributed by atoms with van der Waals surface area (Å²) < 4.78 is 0. The number of hydrogen-bond donors (Lipinski definition) is 2. The lowest BCUT2D eigenvalue weighted by Gasteiger charge is -2.14. The molecule has 1 aromatic rings. The van der Waals surface area contributed by atoms with Crippen LogP contribution in [0.5, 0.6) is 0 Å². The van der Waals surface area contributed by atoms with Gasteiger partial charge in [-0.05, 0) is 32.4 Å². The number of benzene rings is 1. The van der Waals surface area contributed by atoms with Crippen molar-refractivity contribution in [2.75, 3.05) is 0 Å². The molecule has 0 unspecified atom stereocenters. The van der Waals surface area contributed by atoms with Crippen LogP contribution >= 0.6 is 11.6 Å². The number of carbonyl (C=O) groups excluding carboxylic acids is 2. The molecule has 0 heterocycles. The number of amides is 1. The second-order valence-electron chi connectivity index (χ2n) is 4.83. The molecular formula is C14H19ClN2O2. The maximum absolute atomic E-state index is 12.1. The van der Waals surface area contributed by atoms with Gasteiger partial charge in [-0.25, -0.2) is 0 Å². The van der Waals surface area contributed by atoms with Crippen LogP contribution in [0.4, 0.5) is 0 Å². The number of nitrogens with one attached hydrogen (secondary N) is 1. The highest BCUT2D eigenvalue weighted by atomic mass is 35.5. The Morgan fingerprint density at radius 2 is 1.95 bits per heavy atom. The van der Waals surface area contributed by atoms with E-state index in [9.17, 15) is 9.59 Å². The van der Waals surface area contributed by atoms with Crippen LogP contribution in [0.3, 0.4) is 0 Å². The molecule has 1 atom stereocenters.